The van der Waals surface area contributed by atoms with E-state index < -0.39 is 0 Å². The molecular weight excluding hydrogens is 135 g/mol. The summed E-state index contributed by atoms with van der Waals surface area (Å²) in [4.78, 5) is 0. The lowest BCUT2D eigenvalue weighted by Crippen LogP contribution is -2.14. The predicted molar refractivity (Wildman–Crippen MR) is 51.8 cm³/mol. The van der Waals surface area contributed by atoms with Crippen molar-refractivity contribution >= 4 is 6.92 Å². The monoisotopic (exact) mass is 154 g/mol. The van der Waals surface area contributed by atoms with Crippen LogP contribution in [0, 0.1) is 0 Å². The molecule has 2 heteroatoms. The minimum atomic E-state index is 0.418. The second kappa shape index (κ2) is 6.32. The molecule has 0 spiro atoms. The molecule has 0 aliphatic heterocycles. The second-order valence-corrected chi connectivity index (χ2v) is 2.66. The van der Waals surface area contributed by atoms with Crippen molar-refractivity contribution < 1.29 is 4.65 Å². The first-order valence-corrected chi connectivity index (χ1v) is 4.60. The van der Waals surface area contributed by atoms with Crippen molar-refractivity contribution in [2.45, 2.75) is 46.8 Å². The van der Waals surface area contributed by atoms with E-state index in [1.165, 1.54) is 0 Å². The van der Waals surface area contributed by atoms with Gasteiger partial charge in [0.05, 0.1) is 5.76 Å². The van der Waals surface area contributed by atoms with E-state index in [1.54, 1.807) is 0 Å². The molecule has 0 radical (unpaired) electrons. The zero-order chi connectivity index (χ0) is 8.69. The molecule has 0 N–H and O–H groups in total. The van der Waals surface area contributed by atoms with Crippen LogP contribution >= 0.6 is 0 Å². The highest BCUT2D eigenvalue weighted by atomic mass is 16.4. The lowest BCUT2D eigenvalue weighted by molar-refractivity contribution is 0.413. The second-order valence-electron chi connectivity index (χ2n) is 2.66. The Morgan fingerprint density at radius 3 is 2.09 bits per heavy atom. The van der Waals surface area contributed by atoms with Crippen LogP contribution < -0.4 is 0 Å². The van der Waals surface area contributed by atoms with Crippen LogP contribution in [0.5, 0.6) is 0 Å². The Balaban J connectivity index is 3.78. The maximum absolute atomic E-state index is 5.71. The topological polar surface area (TPSA) is 9.23 Å². The number of rotatable bonds is 5. The van der Waals surface area contributed by atoms with Crippen molar-refractivity contribution in [1.82, 2.24) is 0 Å². The molecule has 11 heavy (non-hydrogen) atoms. The first-order valence-electron chi connectivity index (χ1n) is 4.60. The van der Waals surface area contributed by atoms with E-state index in [0.717, 1.165) is 24.8 Å². The van der Waals surface area contributed by atoms with Crippen molar-refractivity contribution in [2.24, 2.45) is 0 Å². The molecule has 0 unspecified atom stereocenters. The average molecular weight is 154 g/mol. The van der Waals surface area contributed by atoms with Crippen molar-refractivity contribution in [3.8, 4) is 0 Å². The van der Waals surface area contributed by atoms with E-state index in [-0.39, 0.29) is 0 Å². The van der Waals surface area contributed by atoms with Crippen LogP contribution in [0.1, 0.15) is 34.1 Å². The fourth-order valence-electron chi connectivity index (χ4n) is 1.02. The summed E-state index contributed by atoms with van der Waals surface area (Å²) >= 11 is 0. The number of allylic oxidation sites excluding steroid dienone is 2. The molecular formula is C9H19BO. The highest BCUT2D eigenvalue weighted by Gasteiger charge is 2.11. The van der Waals surface area contributed by atoms with Crippen molar-refractivity contribution in [3.63, 3.8) is 0 Å². The average Bonchev–Trinajstić information content (AvgIpc) is 2.07. The van der Waals surface area contributed by atoms with Gasteiger partial charge in [0.15, 0.2) is 0 Å². The molecule has 0 saturated heterocycles. The van der Waals surface area contributed by atoms with E-state index in [2.05, 4.69) is 26.8 Å². The molecule has 0 heterocycles. The highest BCUT2D eigenvalue weighted by Crippen LogP contribution is 2.09. The van der Waals surface area contributed by atoms with Gasteiger partial charge in [-0.15, -0.1) is 0 Å². The summed E-state index contributed by atoms with van der Waals surface area (Å²) in [5.74, 6) is 1.12. The van der Waals surface area contributed by atoms with Gasteiger partial charge in [-0.25, -0.2) is 0 Å². The standard InChI is InChI=1S/C9H19BO/c1-5-9(6-2)11-10(7-3)8-4/h5H,6-8H2,1-4H3. The van der Waals surface area contributed by atoms with E-state index in [4.69, 9.17) is 4.65 Å². The molecule has 0 aliphatic rings. The van der Waals surface area contributed by atoms with Gasteiger partial charge >= 0.3 is 6.92 Å². The fourth-order valence-corrected chi connectivity index (χ4v) is 1.02. The van der Waals surface area contributed by atoms with Gasteiger partial charge in [-0.2, -0.15) is 0 Å². The maximum atomic E-state index is 5.71. The molecule has 0 amide bonds. The third-order valence-electron chi connectivity index (χ3n) is 1.90. The third-order valence-corrected chi connectivity index (χ3v) is 1.90. The zero-order valence-corrected chi connectivity index (χ0v) is 8.18. The molecule has 0 aromatic heterocycles. The number of hydrogen-bond acceptors (Lipinski definition) is 1. The van der Waals surface area contributed by atoms with Crippen LogP contribution in [0.2, 0.25) is 12.6 Å². The van der Waals surface area contributed by atoms with E-state index in [0.29, 0.717) is 6.92 Å². The van der Waals surface area contributed by atoms with Crippen LogP contribution in [0.3, 0.4) is 0 Å². The molecule has 0 aromatic rings. The van der Waals surface area contributed by atoms with Crippen molar-refractivity contribution in [1.29, 1.82) is 0 Å². The van der Waals surface area contributed by atoms with Crippen LogP contribution in [0.25, 0.3) is 0 Å². The van der Waals surface area contributed by atoms with Crippen molar-refractivity contribution in [2.75, 3.05) is 0 Å². The largest absolute Gasteiger partial charge is 0.564 e. The summed E-state index contributed by atoms with van der Waals surface area (Å²) in [6.45, 7) is 8.90. The number of hydrogen-bond donors (Lipinski definition) is 0. The van der Waals surface area contributed by atoms with Gasteiger partial charge in [-0.1, -0.05) is 26.8 Å². The Morgan fingerprint density at radius 2 is 1.82 bits per heavy atom. The van der Waals surface area contributed by atoms with Gasteiger partial charge in [-0.3, -0.25) is 0 Å². The minimum Gasteiger partial charge on any atom is -0.564 e. The first kappa shape index (κ1) is 10.6. The summed E-state index contributed by atoms with van der Waals surface area (Å²) in [7, 11) is 0. The molecule has 0 aliphatic carbocycles. The van der Waals surface area contributed by atoms with Gasteiger partial charge < -0.3 is 4.65 Å². The van der Waals surface area contributed by atoms with E-state index >= 15 is 0 Å². The molecule has 0 fully saturated rings. The molecule has 0 atom stereocenters. The SMILES string of the molecule is CC=C(CC)OB(CC)CC. The van der Waals surface area contributed by atoms with E-state index in [1.807, 2.05) is 6.92 Å². The van der Waals surface area contributed by atoms with Gasteiger partial charge in [0.2, 0.25) is 0 Å². The molecule has 0 bridgehead atoms. The Bertz CT molecular complexity index is 117. The Morgan fingerprint density at radius 1 is 1.27 bits per heavy atom. The lowest BCUT2D eigenvalue weighted by atomic mass is 9.62. The Hall–Kier alpha value is -0.395. The molecule has 0 saturated carbocycles. The quantitative estimate of drug-likeness (QED) is 0.435. The summed E-state index contributed by atoms with van der Waals surface area (Å²) < 4.78 is 5.71. The Kier molecular flexibility index (Phi) is 6.10. The molecule has 64 valence electrons. The fraction of sp³-hybridized carbons (Fsp3) is 0.778. The van der Waals surface area contributed by atoms with Gasteiger partial charge in [0.1, 0.15) is 0 Å². The Labute approximate surface area is 70.9 Å². The van der Waals surface area contributed by atoms with Crippen LogP contribution in [0.15, 0.2) is 11.8 Å². The van der Waals surface area contributed by atoms with Crippen molar-refractivity contribution in [3.05, 3.63) is 11.8 Å². The maximum Gasteiger partial charge on any atom is 0.356 e. The van der Waals surface area contributed by atoms with E-state index in [9.17, 15) is 0 Å². The molecule has 0 aromatic carbocycles. The van der Waals surface area contributed by atoms with Gasteiger partial charge in [-0.05, 0) is 26.0 Å². The molecule has 1 nitrogen and oxygen atoms in total. The normalized spacial score (nSPS) is 11.5. The smallest absolute Gasteiger partial charge is 0.356 e. The van der Waals surface area contributed by atoms with Crippen LogP contribution in [-0.2, 0) is 4.65 Å². The van der Waals surface area contributed by atoms with Crippen LogP contribution in [-0.4, -0.2) is 6.92 Å². The summed E-state index contributed by atoms with van der Waals surface area (Å²) in [6, 6.07) is 0. The summed E-state index contributed by atoms with van der Waals surface area (Å²) in [5, 5.41) is 0. The van der Waals surface area contributed by atoms with Gasteiger partial charge in [0, 0.05) is 0 Å². The first-order chi connectivity index (χ1) is 5.28. The summed E-state index contributed by atoms with van der Waals surface area (Å²) in [5.41, 5.74) is 0. The van der Waals surface area contributed by atoms with Gasteiger partial charge in [0.25, 0.3) is 0 Å². The molecule has 0 rings (SSSR count). The summed E-state index contributed by atoms with van der Waals surface area (Å²) in [6.07, 6.45) is 5.27. The predicted octanol–water partition coefficient (Wildman–Crippen LogP) is 3.35. The third kappa shape index (κ3) is 4.12. The minimum absolute atomic E-state index is 0.418. The van der Waals surface area contributed by atoms with Crippen LogP contribution in [0.4, 0.5) is 0 Å². The highest BCUT2D eigenvalue weighted by molar-refractivity contribution is 6.51. The zero-order valence-electron chi connectivity index (χ0n) is 8.18. The lowest BCUT2D eigenvalue weighted by Gasteiger charge is -2.14.